The Hall–Kier alpha value is -3.45. The summed E-state index contributed by atoms with van der Waals surface area (Å²) in [6.07, 6.45) is 0.612. The zero-order valence-corrected chi connectivity index (χ0v) is 16.2. The highest BCUT2D eigenvalue weighted by molar-refractivity contribution is 6.06. The maximum Gasteiger partial charge on any atom is 0.264 e. The van der Waals surface area contributed by atoms with Crippen LogP contribution in [0.15, 0.2) is 54.7 Å². The van der Waals surface area contributed by atoms with Crippen molar-refractivity contribution in [1.82, 2.24) is 9.80 Å². The van der Waals surface area contributed by atoms with Crippen LogP contribution in [-0.2, 0) is 16.1 Å². The minimum absolute atomic E-state index is 0.0207. The van der Waals surface area contributed by atoms with E-state index in [0.29, 0.717) is 17.7 Å². The van der Waals surface area contributed by atoms with Gasteiger partial charge >= 0.3 is 0 Å². The number of amides is 3. The van der Waals surface area contributed by atoms with E-state index in [1.807, 2.05) is 44.2 Å². The fraction of sp³-hybridized carbons (Fsp3) is 0.190. The molecule has 0 fully saturated rings. The summed E-state index contributed by atoms with van der Waals surface area (Å²) in [4.78, 5) is 37.6. The van der Waals surface area contributed by atoms with Crippen molar-refractivity contribution in [3.63, 3.8) is 0 Å². The Morgan fingerprint density at radius 2 is 1.71 bits per heavy atom. The number of nitrogens with zero attached hydrogens (tertiary/aromatic N) is 2. The van der Waals surface area contributed by atoms with Crippen molar-refractivity contribution in [2.75, 3.05) is 26.5 Å². The second-order valence-corrected chi connectivity index (χ2v) is 6.72. The third kappa shape index (κ3) is 4.63. The number of fused-ring (bicyclic) bond motifs is 1. The first-order valence-electron chi connectivity index (χ1n) is 8.60. The molecule has 0 saturated carbocycles. The van der Waals surface area contributed by atoms with E-state index in [0.717, 1.165) is 16.7 Å². The van der Waals surface area contributed by atoms with E-state index in [1.165, 1.54) is 4.90 Å². The third-order valence-corrected chi connectivity index (χ3v) is 4.00. The molecule has 0 bridgehead atoms. The van der Waals surface area contributed by atoms with Gasteiger partial charge in [0.15, 0.2) is 0 Å². The van der Waals surface area contributed by atoms with Gasteiger partial charge in [-0.25, -0.2) is 0 Å². The largest absolute Gasteiger partial charge is 0.364 e. The molecular weight excluding hydrogens is 356 g/mol. The summed E-state index contributed by atoms with van der Waals surface area (Å²) >= 11 is 0. The van der Waals surface area contributed by atoms with E-state index in [9.17, 15) is 14.4 Å². The Morgan fingerprint density at radius 1 is 1.14 bits per heavy atom. The summed E-state index contributed by atoms with van der Waals surface area (Å²) in [7, 11) is 6.00. The van der Waals surface area contributed by atoms with Gasteiger partial charge < -0.3 is 16.0 Å². The lowest BCUT2D eigenvalue weighted by Crippen LogP contribution is -2.30. The molecule has 146 valence electrons. The number of carbonyl (C=O) groups excluding carboxylic acids is 3. The molecule has 3 N–H and O–H groups in total. The predicted octanol–water partition coefficient (Wildman–Crippen LogP) is 2.05. The van der Waals surface area contributed by atoms with Gasteiger partial charge in [0, 0.05) is 11.3 Å². The molecule has 0 saturated heterocycles. The Morgan fingerprint density at radius 3 is 2.25 bits per heavy atom. The van der Waals surface area contributed by atoms with Gasteiger partial charge in [-0.3, -0.25) is 19.3 Å². The Labute approximate surface area is 164 Å². The molecule has 28 heavy (non-hydrogen) atoms. The summed E-state index contributed by atoms with van der Waals surface area (Å²) < 4.78 is 0. The number of benzene rings is 2. The Balaban J connectivity index is 0.000000640. The summed E-state index contributed by atoms with van der Waals surface area (Å²) in [5.74, 6) is -1.00. The molecule has 0 radical (unpaired) electrons. The van der Waals surface area contributed by atoms with Crippen LogP contribution in [0.3, 0.4) is 0 Å². The van der Waals surface area contributed by atoms with Crippen molar-refractivity contribution in [3.8, 4) is 11.1 Å². The van der Waals surface area contributed by atoms with Gasteiger partial charge in [-0.05, 0) is 56.0 Å². The molecule has 7 nitrogen and oxygen atoms in total. The lowest BCUT2D eigenvalue weighted by atomic mass is 9.97. The molecule has 1 aliphatic heterocycles. The first kappa shape index (κ1) is 20.9. The van der Waals surface area contributed by atoms with Crippen LogP contribution < -0.4 is 11.1 Å². The fourth-order valence-electron chi connectivity index (χ4n) is 2.77. The average Bonchev–Trinajstić information content (AvgIpc) is 2.98. The topological polar surface area (TPSA) is 95.7 Å². The van der Waals surface area contributed by atoms with Gasteiger partial charge in [-0.2, -0.15) is 0 Å². The average molecular weight is 380 g/mol. The highest BCUT2D eigenvalue weighted by Gasteiger charge is 2.32. The summed E-state index contributed by atoms with van der Waals surface area (Å²) in [6.45, 7) is 3.84. The van der Waals surface area contributed by atoms with Crippen LogP contribution in [-0.4, -0.2) is 49.2 Å². The van der Waals surface area contributed by atoms with Gasteiger partial charge in [-0.1, -0.05) is 30.8 Å². The number of nitrogens with two attached hydrogens (primary N) is 1. The monoisotopic (exact) mass is 380 g/mol. The smallest absolute Gasteiger partial charge is 0.264 e. The fourth-order valence-corrected chi connectivity index (χ4v) is 2.77. The maximum atomic E-state index is 12.5. The van der Waals surface area contributed by atoms with Crippen LogP contribution in [0.1, 0.15) is 15.9 Å². The SMILES string of the molecule is C=C(C(N)=O)N1Cc2c(cccc2-c2ccc(NC=O)cc2)C1=O.CN(C)C. The molecule has 2 aromatic rings. The van der Waals surface area contributed by atoms with Crippen LogP contribution in [0.5, 0.6) is 0 Å². The second-order valence-electron chi connectivity index (χ2n) is 6.72. The number of hydrogen-bond acceptors (Lipinski definition) is 4. The molecule has 0 spiro atoms. The predicted molar refractivity (Wildman–Crippen MR) is 109 cm³/mol. The quantitative estimate of drug-likeness (QED) is 0.613. The van der Waals surface area contributed by atoms with Crippen molar-refractivity contribution >= 4 is 23.9 Å². The number of primary amides is 1. The molecule has 2 aromatic carbocycles. The third-order valence-electron chi connectivity index (χ3n) is 4.00. The first-order valence-corrected chi connectivity index (χ1v) is 8.60. The van der Waals surface area contributed by atoms with Crippen LogP contribution in [0.2, 0.25) is 0 Å². The van der Waals surface area contributed by atoms with Crippen molar-refractivity contribution in [2.24, 2.45) is 5.73 Å². The number of hydrogen-bond donors (Lipinski definition) is 2. The number of nitrogens with one attached hydrogen (secondary N) is 1. The summed E-state index contributed by atoms with van der Waals surface area (Å²) in [5.41, 5.74) is 9.05. The second kappa shape index (κ2) is 8.96. The van der Waals surface area contributed by atoms with Gasteiger partial charge in [0.25, 0.3) is 11.8 Å². The highest BCUT2D eigenvalue weighted by atomic mass is 16.2. The normalized spacial score (nSPS) is 12.1. The maximum absolute atomic E-state index is 12.5. The van der Waals surface area contributed by atoms with E-state index in [4.69, 9.17) is 5.73 Å². The zero-order valence-electron chi connectivity index (χ0n) is 16.2. The summed E-state index contributed by atoms with van der Waals surface area (Å²) in [6, 6.07) is 12.7. The first-order chi connectivity index (χ1) is 13.3. The summed E-state index contributed by atoms with van der Waals surface area (Å²) in [5, 5.41) is 2.57. The molecule has 0 unspecified atom stereocenters. The minimum Gasteiger partial charge on any atom is -0.364 e. The lowest BCUT2D eigenvalue weighted by Gasteiger charge is -2.15. The van der Waals surface area contributed by atoms with Gasteiger partial charge in [0.1, 0.15) is 5.70 Å². The van der Waals surface area contributed by atoms with Crippen molar-refractivity contribution < 1.29 is 14.4 Å². The van der Waals surface area contributed by atoms with E-state index in [-0.39, 0.29) is 18.1 Å². The van der Waals surface area contributed by atoms with Crippen molar-refractivity contribution in [2.45, 2.75) is 6.54 Å². The highest BCUT2D eigenvalue weighted by Crippen LogP contribution is 2.34. The van der Waals surface area contributed by atoms with Crippen LogP contribution >= 0.6 is 0 Å². The molecule has 7 heteroatoms. The van der Waals surface area contributed by atoms with E-state index in [2.05, 4.69) is 11.9 Å². The molecular formula is C21H24N4O3. The number of anilines is 1. The van der Waals surface area contributed by atoms with Crippen LogP contribution in [0, 0.1) is 0 Å². The molecule has 0 aliphatic carbocycles. The van der Waals surface area contributed by atoms with Crippen LogP contribution in [0.4, 0.5) is 5.69 Å². The lowest BCUT2D eigenvalue weighted by molar-refractivity contribution is -0.115. The molecule has 1 heterocycles. The number of rotatable bonds is 5. The molecule has 1 aliphatic rings. The Bertz CT molecular complexity index is 902. The van der Waals surface area contributed by atoms with E-state index < -0.39 is 5.91 Å². The van der Waals surface area contributed by atoms with E-state index >= 15 is 0 Å². The minimum atomic E-state index is -0.720. The molecule has 3 amide bonds. The van der Waals surface area contributed by atoms with Crippen molar-refractivity contribution in [3.05, 3.63) is 65.9 Å². The molecule has 3 rings (SSSR count). The zero-order chi connectivity index (χ0) is 20.8. The molecule has 0 aromatic heterocycles. The number of carbonyl (C=O) groups is 3. The van der Waals surface area contributed by atoms with Crippen LogP contribution in [0.25, 0.3) is 11.1 Å². The standard InChI is InChI=1S/C18H15N3O3.C3H9N/c1-11(17(19)23)21-9-16-14(3-2-4-15(16)18(21)24)12-5-7-13(8-6-12)20-10-22;1-4(2)3/h2-8,10H,1,9H2,(H2,19,23)(H,20,22);1-3H3. The Kier molecular flexibility index (Phi) is 6.68. The molecule has 0 atom stereocenters. The van der Waals surface area contributed by atoms with E-state index in [1.54, 1.807) is 24.3 Å². The van der Waals surface area contributed by atoms with Gasteiger partial charge in [0.2, 0.25) is 6.41 Å². The van der Waals surface area contributed by atoms with Gasteiger partial charge in [-0.15, -0.1) is 0 Å². The van der Waals surface area contributed by atoms with Crippen molar-refractivity contribution in [1.29, 1.82) is 0 Å². The van der Waals surface area contributed by atoms with Gasteiger partial charge in [0.05, 0.1) is 6.54 Å².